The maximum absolute atomic E-state index is 14.6. The van der Waals surface area contributed by atoms with Gasteiger partial charge in [-0.2, -0.15) is 0 Å². The number of rotatable bonds is 7. The zero-order valence-electron chi connectivity index (χ0n) is 16.5. The number of hydrogen-bond donors (Lipinski definition) is 1. The van der Waals surface area contributed by atoms with Crippen molar-refractivity contribution in [2.75, 3.05) is 17.8 Å². The van der Waals surface area contributed by atoms with Crippen molar-refractivity contribution < 1.29 is 17.5 Å². The Morgan fingerprint density at radius 2 is 1.97 bits per heavy atom. The summed E-state index contributed by atoms with van der Waals surface area (Å²) in [6, 6.07) is 12.4. The van der Waals surface area contributed by atoms with Crippen molar-refractivity contribution in [3.63, 3.8) is 0 Å². The average Bonchev–Trinajstić information content (AvgIpc) is 3.25. The van der Waals surface area contributed by atoms with Crippen LogP contribution in [0.1, 0.15) is 18.4 Å². The number of ether oxygens (including phenoxy) is 1. The Labute approximate surface area is 189 Å². The van der Waals surface area contributed by atoms with Gasteiger partial charge in [-0.1, -0.05) is 41.9 Å². The largest absolute Gasteiger partial charge is 0.489 e. The van der Waals surface area contributed by atoms with E-state index < -0.39 is 20.7 Å². The lowest BCUT2D eigenvalue weighted by molar-refractivity contribution is 0.0965. The summed E-state index contributed by atoms with van der Waals surface area (Å²) in [5.74, 6) is -0.653. The molecular formula is C21H21ClFN3O3S2. The lowest BCUT2D eigenvalue weighted by Crippen LogP contribution is -2.37. The predicted octanol–water partition coefficient (Wildman–Crippen LogP) is 4.78. The van der Waals surface area contributed by atoms with Gasteiger partial charge in [-0.05, 0) is 24.5 Å². The molecule has 0 bridgehead atoms. The minimum absolute atomic E-state index is 0.0479. The molecular weight excluding hydrogens is 461 g/mol. The third kappa shape index (κ3) is 5.54. The Balaban J connectivity index is 1.39. The van der Waals surface area contributed by atoms with Crippen LogP contribution in [0.15, 0.2) is 58.3 Å². The van der Waals surface area contributed by atoms with E-state index in [0.717, 1.165) is 44.6 Å². The highest BCUT2D eigenvalue weighted by Crippen LogP contribution is 2.32. The molecule has 10 heteroatoms. The summed E-state index contributed by atoms with van der Waals surface area (Å²) < 4.78 is 47.7. The number of benzene rings is 2. The first kappa shape index (κ1) is 22.0. The van der Waals surface area contributed by atoms with Gasteiger partial charge in [0, 0.05) is 31.1 Å². The number of aromatic nitrogens is 1. The maximum atomic E-state index is 14.6. The number of piperidine rings is 1. The van der Waals surface area contributed by atoms with Gasteiger partial charge in [0.15, 0.2) is 5.82 Å². The number of likely N-dealkylation sites (tertiary alicyclic amines) is 1. The summed E-state index contributed by atoms with van der Waals surface area (Å²) in [5.41, 5.74) is 2.73. The highest BCUT2D eigenvalue weighted by atomic mass is 35.5. The zero-order valence-corrected chi connectivity index (χ0v) is 18.9. The summed E-state index contributed by atoms with van der Waals surface area (Å²) in [5, 5.41) is 1.56. The van der Waals surface area contributed by atoms with Crippen LogP contribution in [0.3, 0.4) is 0 Å². The van der Waals surface area contributed by atoms with Crippen LogP contribution in [0.4, 0.5) is 10.2 Å². The second-order valence-corrected chi connectivity index (χ2v) is 10.0. The van der Waals surface area contributed by atoms with Crippen LogP contribution in [0.5, 0.6) is 5.75 Å². The zero-order chi connectivity index (χ0) is 21.8. The Morgan fingerprint density at radius 3 is 2.65 bits per heavy atom. The molecule has 0 amide bonds. The average molecular weight is 482 g/mol. The number of thiazole rings is 1. The molecule has 164 valence electrons. The van der Waals surface area contributed by atoms with Crippen molar-refractivity contribution in [3.05, 3.63) is 69.8 Å². The van der Waals surface area contributed by atoms with Crippen LogP contribution in [0, 0.1) is 5.82 Å². The first-order chi connectivity index (χ1) is 14.9. The van der Waals surface area contributed by atoms with Crippen LogP contribution in [-0.2, 0) is 16.6 Å². The number of hydrogen-bond acceptors (Lipinski definition) is 6. The molecule has 1 N–H and O–H groups in total. The molecule has 1 aromatic heterocycles. The maximum Gasteiger partial charge on any atom is 0.266 e. The van der Waals surface area contributed by atoms with Gasteiger partial charge in [0.1, 0.15) is 22.6 Å². The van der Waals surface area contributed by atoms with Gasteiger partial charge in [0.2, 0.25) is 0 Å². The lowest BCUT2D eigenvalue weighted by atomic mass is 10.1. The second-order valence-electron chi connectivity index (χ2n) is 7.27. The van der Waals surface area contributed by atoms with Crippen molar-refractivity contribution in [2.24, 2.45) is 0 Å². The van der Waals surface area contributed by atoms with Crippen LogP contribution >= 0.6 is 22.9 Å². The van der Waals surface area contributed by atoms with Gasteiger partial charge < -0.3 is 4.74 Å². The molecule has 0 spiro atoms. The Hall–Kier alpha value is -2.20. The molecule has 1 saturated heterocycles. The standard InChI is InChI=1S/C21H21ClFN3O3S2/c22-17-10-20(31(27,28)25-21-13-30-14-24-21)18(23)11-19(17)29-16-6-8-26(9-7-16)12-15-4-2-1-3-5-15/h1-5,10-11,13-14,16,25H,6-9,12H2. The van der Waals surface area contributed by atoms with E-state index in [1.54, 1.807) is 0 Å². The first-order valence-corrected chi connectivity index (χ1v) is 12.5. The quantitative estimate of drug-likeness (QED) is 0.525. The van der Waals surface area contributed by atoms with E-state index in [0.29, 0.717) is 0 Å². The van der Waals surface area contributed by atoms with E-state index in [2.05, 4.69) is 26.7 Å². The molecule has 1 aliphatic rings. The highest BCUT2D eigenvalue weighted by Gasteiger charge is 2.25. The van der Waals surface area contributed by atoms with E-state index in [1.807, 2.05) is 18.2 Å². The van der Waals surface area contributed by atoms with Gasteiger partial charge in [0.05, 0.1) is 10.5 Å². The smallest absolute Gasteiger partial charge is 0.266 e. The molecule has 0 saturated carbocycles. The van der Waals surface area contributed by atoms with E-state index in [-0.39, 0.29) is 22.7 Å². The fraction of sp³-hybridized carbons (Fsp3) is 0.286. The molecule has 1 fully saturated rings. The summed E-state index contributed by atoms with van der Waals surface area (Å²) in [6.45, 7) is 2.58. The molecule has 1 aliphatic heterocycles. The molecule has 0 radical (unpaired) electrons. The molecule has 0 aliphatic carbocycles. The molecule has 0 atom stereocenters. The number of nitrogens with zero attached hydrogens (tertiary/aromatic N) is 2. The summed E-state index contributed by atoms with van der Waals surface area (Å²) in [6.07, 6.45) is 1.44. The fourth-order valence-electron chi connectivity index (χ4n) is 3.47. The monoisotopic (exact) mass is 481 g/mol. The molecule has 0 unspecified atom stereocenters. The Kier molecular flexibility index (Phi) is 6.76. The van der Waals surface area contributed by atoms with Crippen molar-refractivity contribution in [1.29, 1.82) is 0 Å². The van der Waals surface area contributed by atoms with Gasteiger partial charge in [0.25, 0.3) is 10.0 Å². The van der Waals surface area contributed by atoms with Gasteiger partial charge >= 0.3 is 0 Å². The molecule has 6 nitrogen and oxygen atoms in total. The molecule has 2 aromatic carbocycles. The SMILES string of the molecule is O=S(=O)(Nc1cscn1)c1cc(Cl)c(OC2CCN(Cc3ccccc3)CC2)cc1F. The summed E-state index contributed by atoms with van der Waals surface area (Å²) in [7, 11) is -4.15. The van der Waals surface area contributed by atoms with Crippen LogP contribution < -0.4 is 9.46 Å². The number of halogens is 2. The van der Waals surface area contributed by atoms with Gasteiger partial charge in [-0.15, -0.1) is 11.3 Å². The van der Waals surface area contributed by atoms with E-state index in [4.69, 9.17) is 16.3 Å². The van der Waals surface area contributed by atoms with Gasteiger partial charge in [-0.25, -0.2) is 17.8 Å². The molecule has 31 heavy (non-hydrogen) atoms. The van der Waals surface area contributed by atoms with Crippen LogP contribution in [-0.4, -0.2) is 37.5 Å². The highest BCUT2D eigenvalue weighted by molar-refractivity contribution is 7.92. The molecule has 2 heterocycles. The second kappa shape index (κ2) is 9.52. The van der Waals surface area contributed by atoms with Gasteiger partial charge in [-0.3, -0.25) is 9.62 Å². The summed E-state index contributed by atoms with van der Waals surface area (Å²) >= 11 is 7.46. The summed E-state index contributed by atoms with van der Waals surface area (Å²) in [4.78, 5) is 5.65. The Morgan fingerprint density at radius 1 is 1.23 bits per heavy atom. The first-order valence-electron chi connectivity index (χ1n) is 9.74. The minimum atomic E-state index is -4.15. The van der Waals surface area contributed by atoms with Crippen molar-refractivity contribution in [1.82, 2.24) is 9.88 Å². The van der Waals surface area contributed by atoms with E-state index in [9.17, 15) is 12.8 Å². The van der Waals surface area contributed by atoms with Crippen molar-refractivity contribution in [2.45, 2.75) is 30.4 Å². The fourth-order valence-corrected chi connectivity index (χ4v) is 5.39. The Bertz CT molecular complexity index is 1120. The molecule has 4 rings (SSSR count). The van der Waals surface area contributed by atoms with E-state index >= 15 is 0 Å². The van der Waals surface area contributed by atoms with E-state index in [1.165, 1.54) is 27.8 Å². The van der Waals surface area contributed by atoms with Crippen molar-refractivity contribution >= 4 is 38.8 Å². The third-order valence-corrected chi connectivity index (χ3v) is 7.28. The topological polar surface area (TPSA) is 71.5 Å². The minimum Gasteiger partial charge on any atom is -0.489 e. The third-order valence-electron chi connectivity index (χ3n) is 5.02. The van der Waals surface area contributed by atoms with Crippen molar-refractivity contribution in [3.8, 4) is 5.75 Å². The lowest BCUT2D eigenvalue weighted by Gasteiger charge is -2.32. The number of anilines is 1. The van der Waals surface area contributed by atoms with Crippen LogP contribution in [0.2, 0.25) is 5.02 Å². The number of sulfonamides is 1. The normalized spacial score (nSPS) is 15.7. The molecule has 3 aromatic rings. The number of nitrogens with one attached hydrogen (secondary N) is 1. The predicted molar refractivity (Wildman–Crippen MR) is 120 cm³/mol. The van der Waals surface area contributed by atoms with Crippen LogP contribution in [0.25, 0.3) is 0 Å².